The summed E-state index contributed by atoms with van der Waals surface area (Å²) in [5, 5.41) is 5.88. The molecule has 0 spiro atoms. The highest BCUT2D eigenvalue weighted by Crippen LogP contribution is 2.23. The molecule has 1 N–H and O–H groups in total. The van der Waals surface area contributed by atoms with Gasteiger partial charge in [0.05, 0.1) is 11.8 Å². The van der Waals surface area contributed by atoms with Crippen molar-refractivity contribution < 1.29 is 4.79 Å². The van der Waals surface area contributed by atoms with Gasteiger partial charge in [0, 0.05) is 23.0 Å². The second kappa shape index (κ2) is 8.56. The maximum absolute atomic E-state index is 12.2. The molecule has 0 aliphatic heterocycles. The molecule has 0 aliphatic carbocycles. The van der Waals surface area contributed by atoms with Crippen LogP contribution in [0.1, 0.15) is 43.2 Å². The highest BCUT2D eigenvalue weighted by atomic mass is 32.2. The minimum absolute atomic E-state index is 0.0144. The Hall–Kier alpha value is -2.05. The van der Waals surface area contributed by atoms with Crippen LogP contribution in [0.25, 0.3) is 5.69 Å². The first-order valence-corrected chi connectivity index (χ1v) is 10.5. The molecule has 0 fully saturated rings. The maximum Gasteiger partial charge on any atom is 0.230 e. The van der Waals surface area contributed by atoms with Gasteiger partial charge in [0.25, 0.3) is 0 Å². The van der Waals surface area contributed by atoms with Gasteiger partial charge in [-0.15, -0.1) is 11.3 Å². The number of thiophene rings is 1. The normalized spacial score (nSPS) is 12.3. The molecule has 0 saturated heterocycles. The zero-order valence-corrected chi connectivity index (χ0v) is 16.8. The molecule has 1 atom stereocenters. The van der Waals surface area contributed by atoms with Crippen molar-refractivity contribution in [1.82, 2.24) is 14.9 Å². The number of imidazole rings is 1. The Bertz CT molecular complexity index is 838. The van der Waals surface area contributed by atoms with Crippen molar-refractivity contribution in [2.75, 3.05) is 5.75 Å². The highest BCUT2D eigenvalue weighted by Gasteiger charge is 2.13. The quantitative estimate of drug-likeness (QED) is 0.581. The fourth-order valence-corrected chi connectivity index (χ4v) is 4.15. The van der Waals surface area contributed by atoms with Gasteiger partial charge in [0.1, 0.15) is 0 Å². The Morgan fingerprint density at radius 2 is 2.00 bits per heavy atom. The molecule has 2 aromatic heterocycles. The standard InChI is InChI=1S/C20H23N3OS2/c1-14(2)16-6-8-17(9-7-16)23-11-10-21-20(23)26-13-19(24)22-15(3)18-5-4-12-25-18/h4-12,14-15H,13H2,1-3H3,(H,22,24). The van der Waals surface area contributed by atoms with Crippen LogP contribution >= 0.6 is 23.1 Å². The summed E-state index contributed by atoms with van der Waals surface area (Å²) in [6.45, 7) is 6.37. The lowest BCUT2D eigenvalue weighted by atomic mass is 10.0. The van der Waals surface area contributed by atoms with E-state index in [0.717, 1.165) is 15.7 Å². The summed E-state index contributed by atoms with van der Waals surface area (Å²) in [4.78, 5) is 17.8. The van der Waals surface area contributed by atoms with Crippen LogP contribution in [-0.4, -0.2) is 21.2 Å². The first-order chi connectivity index (χ1) is 12.5. The number of carbonyl (C=O) groups excluding carboxylic acids is 1. The Kier molecular flexibility index (Phi) is 6.16. The molecule has 0 bridgehead atoms. The number of thioether (sulfide) groups is 1. The molecule has 1 amide bonds. The van der Waals surface area contributed by atoms with E-state index in [1.165, 1.54) is 17.3 Å². The highest BCUT2D eigenvalue weighted by molar-refractivity contribution is 7.99. The number of hydrogen-bond acceptors (Lipinski definition) is 4. The van der Waals surface area contributed by atoms with Crippen molar-refractivity contribution in [3.8, 4) is 5.69 Å². The third-order valence-electron chi connectivity index (χ3n) is 4.12. The topological polar surface area (TPSA) is 46.9 Å². The van der Waals surface area contributed by atoms with Gasteiger partial charge in [-0.3, -0.25) is 9.36 Å². The molecule has 3 aromatic rings. The molecule has 2 heterocycles. The summed E-state index contributed by atoms with van der Waals surface area (Å²) in [5.74, 6) is 0.867. The van der Waals surface area contributed by atoms with E-state index in [9.17, 15) is 4.79 Å². The molecule has 0 saturated carbocycles. The smallest absolute Gasteiger partial charge is 0.230 e. The minimum atomic E-state index is 0.0144. The lowest BCUT2D eigenvalue weighted by Gasteiger charge is -2.13. The number of carbonyl (C=O) groups is 1. The van der Waals surface area contributed by atoms with Crippen LogP contribution in [0.2, 0.25) is 0 Å². The van der Waals surface area contributed by atoms with E-state index in [1.807, 2.05) is 35.2 Å². The van der Waals surface area contributed by atoms with E-state index >= 15 is 0 Å². The fourth-order valence-electron chi connectivity index (χ4n) is 2.63. The summed E-state index contributed by atoms with van der Waals surface area (Å²) in [5.41, 5.74) is 2.37. The Balaban J connectivity index is 1.61. The number of nitrogens with one attached hydrogen (secondary N) is 1. The van der Waals surface area contributed by atoms with Gasteiger partial charge in [-0.05, 0) is 42.0 Å². The summed E-state index contributed by atoms with van der Waals surface area (Å²) in [6.07, 6.45) is 3.70. The average Bonchev–Trinajstić information content (AvgIpc) is 3.31. The second-order valence-electron chi connectivity index (χ2n) is 6.42. The third-order valence-corrected chi connectivity index (χ3v) is 6.15. The second-order valence-corrected chi connectivity index (χ2v) is 8.34. The van der Waals surface area contributed by atoms with Crippen molar-refractivity contribution in [1.29, 1.82) is 0 Å². The van der Waals surface area contributed by atoms with Crippen LogP contribution in [0.5, 0.6) is 0 Å². The van der Waals surface area contributed by atoms with Gasteiger partial charge in [0.15, 0.2) is 5.16 Å². The van der Waals surface area contributed by atoms with Gasteiger partial charge >= 0.3 is 0 Å². The van der Waals surface area contributed by atoms with Gasteiger partial charge < -0.3 is 5.32 Å². The third kappa shape index (κ3) is 4.56. The molecular formula is C20H23N3OS2. The molecular weight excluding hydrogens is 362 g/mol. The molecule has 1 aromatic carbocycles. The van der Waals surface area contributed by atoms with E-state index < -0.39 is 0 Å². The van der Waals surface area contributed by atoms with Gasteiger partial charge in [-0.25, -0.2) is 4.98 Å². The molecule has 0 radical (unpaired) electrons. The molecule has 4 nitrogen and oxygen atoms in total. The van der Waals surface area contributed by atoms with Gasteiger partial charge in [-0.2, -0.15) is 0 Å². The Morgan fingerprint density at radius 1 is 1.23 bits per heavy atom. The lowest BCUT2D eigenvalue weighted by molar-refractivity contribution is -0.119. The van der Waals surface area contributed by atoms with E-state index in [1.54, 1.807) is 17.5 Å². The SMILES string of the molecule is CC(C)c1ccc(-n2ccnc2SCC(=O)NC(C)c2cccs2)cc1. The van der Waals surface area contributed by atoms with E-state index in [4.69, 9.17) is 0 Å². The van der Waals surface area contributed by atoms with Crippen molar-refractivity contribution in [3.05, 3.63) is 64.6 Å². The van der Waals surface area contributed by atoms with Crippen LogP contribution in [0.15, 0.2) is 59.3 Å². The molecule has 136 valence electrons. The molecule has 6 heteroatoms. The monoisotopic (exact) mass is 385 g/mol. The first-order valence-electron chi connectivity index (χ1n) is 8.64. The van der Waals surface area contributed by atoms with Crippen LogP contribution in [0.4, 0.5) is 0 Å². The summed E-state index contributed by atoms with van der Waals surface area (Å²) in [6, 6.07) is 12.6. The Morgan fingerprint density at radius 3 is 2.65 bits per heavy atom. The predicted molar refractivity (Wildman–Crippen MR) is 109 cm³/mol. The summed E-state index contributed by atoms with van der Waals surface area (Å²) < 4.78 is 2.02. The number of amides is 1. The molecule has 3 rings (SSSR count). The molecule has 26 heavy (non-hydrogen) atoms. The van der Waals surface area contributed by atoms with Crippen molar-refractivity contribution in [2.45, 2.75) is 37.9 Å². The zero-order chi connectivity index (χ0) is 18.5. The number of rotatable bonds is 7. The number of hydrogen-bond donors (Lipinski definition) is 1. The van der Waals surface area contributed by atoms with E-state index in [2.05, 4.69) is 48.4 Å². The van der Waals surface area contributed by atoms with Crippen molar-refractivity contribution in [2.24, 2.45) is 0 Å². The zero-order valence-electron chi connectivity index (χ0n) is 15.2. The largest absolute Gasteiger partial charge is 0.348 e. The number of nitrogens with zero attached hydrogens (tertiary/aromatic N) is 2. The van der Waals surface area contributed by atoms with Crippen molar-refractivity contribution >= 4 is 29.0 Å². The molecule has 1 unspecified atom stereocenters. The number of aromatic nitrogens is 2. The molecule has 0 aliphatic rings. The van der Waals surface area contributed by atoms with Gasteiger partial charge in [0.2, 0.25) is 5.91 Å². The van der Waals surface area contributed by atoms with E-state index in [0.29, 0.717) is 11.7 Å². The summed E-state index contributed by atoms with van der Waals surface area (Å²) in [7, 11) is 0. The van der Waals surface area contributed by atoms with Crippen LogP contribution in [0.3, 0.4) is 0 Å². The average molecular weight is 386 g/mol. The van der Waals surface area contributed by atoms with Gasteiger partial charge in [-0.1, -0.05) is 43.8 Å². The maximum atomic E-state index is 12.2. The summed E-state index contributed by atoms with van der Waals surface area (Å²) >= 11 is 3.10. The van der Waals surface area contributed by atoms with Crippen LogP contribution in [0, 0.1) is 0 Å². The minimum Gasteiger partial charge on any atom is -0.348 e. The van der Waals surface area contributed by atoms with E-state index in [-0.39, 0.29) is 11.9 Å². The fraction of sp³-hybridized carbons (Fsp3) is 0.300. The number of benzene rings is 1. The first kappa shape index (κ1) is 18.7. The van der Waals surface area contributed by atoms with Crippen LogP contribution in [-0.2, 0) is 4.79 Å². The van der Waals surface area contributed by atoms with Crippen molar-refractivity contribution in [3.63, 3.8) is 0 Å². The Labute approximate surface area is 162 Å². The van der Waals surface area contributed by atoms with Crippen LogP contribution < -0.4 is 5.32 Å². The lowest BCUT2D eigenvalue weighted by Crippen LogP contribution is -2.27. The predicted octanol–water partition coefficient (Wildman–Crippen LogP) is 5.03.